The molecule has 0 aliphatic heterocycles. The molecule has 1 aromatic heterocycles. The second kappa shape index (κ2) is 8.29. The van der Waals surface area contributed by atoms with Gasteiger partial charge in [0.2, 0.25) is 5.91 Å². The predicted molar refractivity (Wildman–Crippen MR) is 106 cm³/mol. The number of hydrogen-bond donors (Lipinski definition) is 1. The maximum absolute atomic E-state index is 12.4. The molecular weight excluding hydrogens is 372 g/mol. The molecule has 0 aliphatic carbocycles. The van der Waals surface area contributed by atoms with Crippen molar-refractivity contribution in [3.8, 4) is 11.5 Å². The van der Waals surface area contributed by atoms with Crippen molar-refractivity contribution in [3.63, 3.8) is 0 Å². The van der Waals surface area contributed by atoms with Gasteiger partial charge in [0.05, 0.1) is 36.2 Å². The quantitative estimate of drug-likeness (QED) is 0.623. The Morgan fingerprint density at radius 1 is 1.15 bits per heavy atom. The van der Waals surface area contributed by atoms with Crippen LogP contribution < -0.4 is 14.8 Å². The molecule has 0 unspecified atom stereocenters. The normalized spacial score (nSPS) is 10.6. The highest BCUT2D eigenvalue weighted by atomic mass is 35.5. The summed E-state index contributed by atoms with van der Waals surface area (Å²) in [4.78, 5) is 17.7. The SMILES string of the molecule is COc1cc(OC)c(NC(=O)CSc2cccc3cccnc23)cc1Cl. The summed E-state index contributed by atoms with van der Waals surface area (Å²) >= 11 is 7.56. The van der Waals surface area contributed by atoms with Crippen molar-refractivity contribution in [2.24, 2.45) is 0 Å². The van der Waals surface area contributed by atoms with Crippen LogP contribution in [0.4, 0.5) is 5.69 Å². The van der Waals surface area contributed by atoms with Crippen LogP contribution in [-0.2, 0) is 4.79 Å². The van der Waals surface area contributed by atoms with E-state index in [0.717, 1.165) is 15.8 Å². The molecule has 1 N–H and O–H groups in total. The van der Waals surface area contributed by atoms with E-state index in [1.165, 1.54) is 26.0 Å². The summed E-state index contributed by atoms with van der Waals surface area (Å²) in [5.41, 5.74) is 1.39. The summed E-state index contributed by atoms with van der Waals surface area (Å²) in [7, 11) is 3.04. The van der Waals surface area contributed by atoms with Crippen LogP contribution in [0.25, 0.3) is 10.9 Å². The number of amides is 1. The van der Waals surface area contributed by atoms with E-state index in [1.807, 2.05) is 30.3 Å². The molecule has 1 amide bonds. The third-order valence-electron chi connectivity index (χ3n) is 3.70. The van der Waals surface area contributed by atoms with Gasteiger partial charge in [-0.2, -0.15) is 0 Å². The average molecular weight is 389 g/mol. The van der Waals surface area contributed by atoms with Crippen LogP contribution in [0, 0.1) is 0 Å². The van der Waals surface area contributed by atoms with Crippen LogP contribution in [0.2, 0.25) is 5.02 Å². The molecule has 0 bridgehead atoms. The standard InChI is InChI=1S/C19H17ClN2O3S/c1-24-15-10-16(25-2)14(9-13(15)20)22-18(23)11-26-17-7-3-5-12-6-4-8-21-19(12)17/h3-10H,11H2,1-2H3,(H,22,23). The largest absolute Gasteiger partial charge is 0.495 e. The number of para-hydroxylation sites is 1. The molecule has 1 heterocycles. The highest BCUT2D eigenvalue weighted by Gasteiger charge is 2.13. The van der Waals surface area contributed by atoms with E-state index in [1.54, 1.807) is 18.3 Å². The van der Waals surface area contributed by atoms with E-state index in [4.69, 9.17) is 21.1 Å². The fourth-order valence-corrected chi connectivity index (χ4v) is 3.56. The maximum Gasteiger partial charge on any atom is 0.234 e. The minimum atomic E-state index is -0.164. The molecular formula is C19H17ClN2O3S. The zero-order valence-electron chi connectivity index (χ0n) is 14.3. The first kappa shape index (κ1) is 18.4. The molecule has 0 spiro atoms. The fraction of sp³-hybridized carbons (Fsp3) is 0.158. The molecule has 0 saturated heterocycles. The van der Waals surface area contributed by atoms with Crippen molar-refractivity contribution < 1.29 is 14.3 Å². The van der Waals surface area contributed by atoms with E-state index in [2.05, 4.69) is 10.3 Å². The van der Waals surface area contributed by atoms with Gasteiger partial charge in [0.1, 0.15) is 11.5 Å². The Labute approximate surface area is 160 Å². The zero-order valence-corrected chi connectivity index (χ0v) is 15.9. The predicted octanol–water partition coefficient (Wildman–Crippen LogP) is 4.64. The second-order valence-corrected chi connectivity index (χ2v) is 6.78. The number of methoxy groups -OCH3 is 2. The van der Waals surface area contributed by atoms with E-state index in [9.17, 15) is 4.79 Å². The summed E-state index contributed by atoms with van der Waals surface area (Å²) in [6.07, 6.45) is 1.75. The number of thioether (sulfide) groups is 1. The monoisotopic (exact) mass is 388 g/mol. The van der Waals surface area contributed by atoms with Crippen molar-refractivity contribution in [3.05, 3.63) is 53.7 Å². The van der Waals surface area contributed by atoms with Crippen LogP contribution in [0.15, 0.2) is 53.6 Å². The number of hydrogen-bond acceptors (Lipinski definition) is 5. The molecule has 0 fully saturated rings. The molecule has 0 aliphatic rings. The van der Waals surface area contributed by atoms with E-state index in [0.29, 0.717) is 22.2 Å². The number of ether oxygens (including phenoxy) is 2. The first-order valence-electron chi connectivity index (χ1n) is 7.80. The van der Waals surface area contributed by atoms with Gasteiger partial charge in [-0.25, -0.2) is 0 Å². The van der Waals surface area contributed by atoms with Gasteiger partial charge >= 0.3 is 0 Å². The number of carbonyl (C=O) groups excluding carboxylic acids is 1. The molecule has 0 radical (unpaired) electrons. The summed E-state index contributed by atoms with van der Waals surface area (Å²) in [5, 5.41) is 4.27. The van der Waals surface area contributed by atoms with E-state index >= 15 is 0 Å². The van der Waals surface area contributed by atoms with Crippen molar-refractivity contribution in [1.29, 1.82) is 0 Å². The van der Waals surface area contributed by atoms with Crippen molar-refractivity contribution in [2.75, 3.05) is 25.3 Å². The van der Waals surface area contributed by atoms with Crippen LogP contribution in [-0.4, -0.2) is 30.9 Å². The Kier molecular flexibility index (Phi) is 5.85. The zero-order chi connectivity index (χ0) is 18.5. The number of halogens is 1. The number of rotatable bonds is 6. The number of aromatic nitrogens is 1. The number of carbonyl (C=O) groups is 1. The van der Waals surface area contributed by atoms with E-state index < -0.39 is 0 Å². The maximum atomic E-state index is 12.4. The first-order valence-corrected chi connectivity index (χ1v) is 9.16. The van der Waals surface area contributed by atoms with Gasteiger partial charge in [-0.15, -0.1) is 11.8 Å². The summed E-state index contributed by atoms with van der Waals surface area (Å²) < 4.78 is 10.5. The fourth-order valence-electron chi connectivity index (χ4n) is 2.48. The minimum absolute atomic E-state index is 0.164. The lowest BCUT2D eigenvalue weighted by molar-refractivity contribution is -0.113. The van der Waals surface area contributed by atoms with Gasteiger partial charge in [0.25, 0.3) is 0 Å². The van der Waals surface area contributed by atoms with Crippen LogP contribution in [0.3, 0.4) is 0 Å². The summed E-state index contributed by atoms with van der Waals surface area (Å²) in [6, 6.07) is 13.0. The molecule has 26 heavy (non-hydrogen) atoms. The van der Waals surface area contributed by atoms with Gasteiger partial charge in [0.15, 0.2) is 0 Å². The average Bonchev–Trinajstić information content (AvgIpc) is 2.66. The van der Waals surface area contributed by atoms with Gasteiger partial charge < -0.3 is 14.8 Å². The van der Waals surface area contributed by atoms with Gasteiger partial charge in [-0.3, -0.25) is 9.78 Å². The van der Waals surface area contributed by atoms with E-state index in [-0.39, 0.29) is 11.7 Å². The Morgan fingerprint density at radius 2 is 1.92 bits per heavy atom. The van der Waals surface area contributed by atoms with Gasteiger partial charge in [0, 0.05) is 22.5 Å². The molecule has 2 aromatic carbocycles. The van der Waals surface area contributed by atoms with Crippen molar-refractivity contribution in [2.45, 2.75) is 4.90 Å². The Balaban J connectivity index is 1.72. The van der Waals surface area contributed by atoms with Crippen LogP contribution >= 0.6 is 23.4 Å². The molecule has 7 heteroatoms. The topological polar surface area (TPSA) is 60.5 Å². The van der Waals surface area contributed by atoms with Gasteiger partial charge in [-0.1, -0.05) is 29.8 Å². The van der Waals surface area contributed by atoms with Crippen LogP contribution in [0.5, 0.6) is 11.5 Å². The van der Waals surface area contributed by atoms with Crippen molar-refractivity contribution >= 4 is 45.9 Å². The highest BCUT2D eigenvalue weighted by Crippen LogP contribution is 2.36. The lowest BCUT2D eigenvalue weighted by Crippen LogP contribution is -2.14. The van der Waals surface area contributed by atoms with Crippen molar-refractivity contribution in [1.82, 2.24) is 4.98 Å². The molecule has 5 nitrogen and oxygen atoms in total. The number of pyridine rings is 1. The second-order valence-electron chi connectivity index (χ2n) is 5.36. The third kappa shape index (κ3) is 4.03. The summed E-state index contributed by atoms with van der Waals surface area (Å²) in [5.74, 6) is 1.04. The number of nitrogens with one attached hydrogen (secondary N) is 1. The smallest absolute Gasteiger partial charge is 0.234 e. The minimum Gasteiger partial charge on any atom is -0.495 e. The number of fused-ring (bicyclic) bond motifs is 1. The Bertz CT molecular complexity index is 944. The summed E-state index contributed by atoms with van der Waals surface area (Å²) in [6.45, 7) is 0. The Hall–Kier alpha value is -2.44. The number of nitrogens with zero attached hydrogens (tertiary/aromatic N) is 1. The Morgan fingerprint density at radius 3 is 2.69 bits per heavy atom. The lowest BCUT2D eigenvalue weighted by Gasteiger charge is -2.13. The molecule has 134 valence electrons. The van der Waals surface area contributed by atoms with Gasteiger partial charge in [-0.05, 0) is 18.2 Å². The first-order chi connectivity index (χ1) is 12.6. The lowest BCUT2D eigenvalue weighted by atomic mass is 10.2. The molecule has 0 saturated carbocycles. The number of anilines is 1. The molecule has 3 rings (SSSR count). The molecule has 3 aromatic rings. The van der Waals surface area contributed by atoms with Crippen LogP contribution in [0.1, 0.15) is 0 Å². The number of benzene rings is 2. The highest BCUT2D eigenvalue weighted by molar-refractivity contribution is 8.00. The molecule has 0 atom stereocenters. The third-order valence-corrected chi connectivity index (χ3v) is 5.04.